The Morgan fingerprint density at radius 3 is 2.70 bits per heavy atom. The maximum absolute atomic E-state index is 10.7. The quantitative estimate of drug-likeness (QED) is 0.457. The summed E-state index contributed by atoms with van der Waals surface area (Å²) in [6, 6.07) is 0. The fourth-order valence-electron chi connectivity index (χ4n) is 0.241. The van der Waals surface area contributed by atoms with E-state index in [4.69, 9.17) is 4.18 Å². The molecule has 0 rings (SSSR count). The van der Waals surface area contributed by atoms with Gasteiger partial charge in [0.15, 0.2) is 0 Å². The molecule has 0 aliphatic heterocycles. The molecular weight excluding hydrogens is 168 g/mol. The first kappa shape index (κ1) is 9.94. The summed E-state index contributed by atoms with van der Waals surface area (Å²) in [6.45, 7) is 7.24. The first-order valence-electron chi connectivity index (χ1n) is 2.71. The lowest BCUT2D eigenvalue weighted by molar-refractivity contribution is 0.405. The summed E-state index contributed by atoms with van der Waals surface area (Å²) < 4.78 is 15.5. The van der Waals surface area contributed by atoms with Crippen LogP contribution in [-0.4, -0.2) is 16.6 Å². The van der Waals surface area contributed by atoms with Crippen LogP contribution in [0, 0.1) is 0 Å². The second kappa shape index (κ2) is 7.05. The van der Waals surface area contributed by atoms with E-state index in [-0.39, 0.29) is 0 Å². The van der Waals surface area contributed by atoms with Crippen LogP contribution in [0.3, 0.4) is 0 Å². The minimum Gasteiger partial charge on any atom is -0.278 e. The van der Waals surface area contributed by atoms with Crippen LogP contribution < -0.4 is 0 Å². The maximum atomic E-state index is 10.7. The summed E-state index contributed by atoms with van der Waals surface area (Å²) in [7, 11) is -0.0451. The van der Waals surface area contributed by atoms with Crippen molar-refractivity contribution in [1.82, 2.24) is 0 Å². The van der Waals surface area contributed by atoms with E-state index in [1.54, 1.807) is 12.2 Å². The molecule has 0 N–H and O–H groups in total. The summed E-state index contributed by atoms with van der Waals surface area (Å²) in [4.78, 5) is 0. The molecule has 0 bridgehead atoms. The van der Waals surface area contributed by atoms with Gasteiger partial charge in [0.1, 0.15) is 0 Å². The molecule has 0 radical (unpaired) electrons. The third kappa shape index (κ3) is 6.07. The van der Waals surface area contributed by atoms with E-state index in [9.17, 15) is 4.21 Å². The predicted molar refractivity (Wildman–Crippen MR) is 46.9 cm³/mol. The van der Waals surface area contributed by atoms with Crippen molar-refractivity contribution in [2.75, 3.05) is 12.4 Å². The van der Waals surface area contributed by atoms with Crippen molar-refractivity contribution in [2.45, 2.75) is 0 Å². The number of rotatable bonds is 6. The SMILES string of the molecule is C=CCOS(=O)SCC=C. The molecule has 10 heavy (non-hydrogen) atoms. The molecule has 0 saturated heterocycles. The molecule has 0 spiro atoms. The van der Waals surface area contributed by atoms with Gasteiger partial charge in [0.05, 0.1) is 6.61 Å². The Balaban J connectivity index is 3.24. The van der Waals surface area contributed by atoms with Gasteiger partial charge in [-0.2, -0.15) is 0 Å². The van der Waals surface area contributed by atoms with E-state index in [0.717, 1.165) is 0 Å². The van der Waals surface area contributed by atoms with Gasteiger partial charge in [-0.05, 0) is 10.8 Å². The Kier molecular flexibility index (Phi) is 7.01. The Bertz CT molecular complexity index is 120. The van der Waals surface area contributed by atoms with Crippen molar-refractivity contribution < 1.29 is 8.39 Å². The summed E-state index contributed by atoms with van der Waals surface area (Å²) >= 11 is 0. The van der Waals surface area contributed by atoms with Gasteiger partial charge in [-0.3, -0.25) is 4.18 Å². The highest BCUT2D eigenvalue weighted by molar-refractivity contribution is 8.67. The summed E-state index contributed by atoms with van der Waals surface area (Å²) in [5.74, 6) is 0.643. The third-order valence-corrected chi connectivity index (χ3v) is 2.73. The molecule has 0 saturated carbocycles. The van der Waals surface area contributed by atoms with Crippen molar-refractivity contribution in [3.8, 4) is 0 Å². The van der Waals surface area contributed by atoms with Gasteiger partial charge in [0.25, 0.3) is 0 Å². The standard InChI is InChI=1S/C6H10O2S2/c1-3-5-8-10(7)9-6-4-2/h3-4H,1-2,5-6H2. The number of hydrogen-bond donors (Lipinski definition) is 0. The highest BCUT2D eigenvalue weighted by Crippen LogP contribution is 2.07. The summed E-state index contributed by atoms with van der Waals surface area (Å²) in [6.07, 6.45) is 3.24. The van der Waals surface area contributed by atoms with Gasteiger partial charge in [-0.25, -0.2) is 4.21 Å². The average molecular weight is 178 g/mol. The van der Waals surface area contributed by atoms with Gasteiger partial charge in [-0.1, -0.05) is 12.2 Å². The third-order valence-electron chi connectivity index (χ3n) is 0.564. The monoisotopic (exact) mass is 178 g/mol. The second-order valence-corrected chi connectivity index (χ2v) is 4.09. The molecule has 0 aliphatic carbocycles. The lowest BCUT2D eigenvalue weighted by atomic mass is 10.7. The van der Waals surface area contributed by atoms with Gasteiger partial charge >= 0.3 is 0 Å². The van der Waals surface area contributed by atoms with Gasteiger partial charge in [-0.15, -0.1) is 13.2 Å². The average Bonchev–Trinajstić information content (AvgIpc) is 1.97. The highest BCUT2D eigenvalue weighted by atomic mass is 33.1. The predicted octanol–water partition coefficient (Wildman–Crippen LogP) is 1.69. The zero-order valence-electron chi connectivity index (χ0n) is 5.62. The molecule has 0 aromatic rings. The molecule has 4 heteroatoms. The van der Waals surface area contributed by atoms with Crippen LogP contribution in [-0.2, 0) is 14.3 Å². The fourth-order valence-corrected chi connectivity index (χ4v) is 1.72. The molecule has 1 unspecified atom stereocenters. The first-order chi connectivity index (χ1) is 4.81. The molecule has 0 heterocycles. The van der Waals surface area contributed by atoms with Crippen LogP contribution >= 0.6 is 10.8 Å². The van der Waals surface area contributed by atoms with Crippen LogP contribution in [0.1, 0.15) is 0 Å². The Morgan fingerprint density at radius 1 is 1.50 bits per heavy atom. The summed E-state index contributed by atoms with van der Waals surface area (Å²) in [5, 5.41) is 0. The molecule has 0 aliphatic rings. The van der Waals surface area contributed by atoms with Crippen LogP contribution in [0.5, 0.6) is 0 Å². The van der Waals surface area contributed by atoms with Gasteiger partial charge < -0.3 is 0 Å². The van der Waals surface area contributed by atoms with Crippen LogP contribution in [0.4, 0.5) is 0 Å². The van der Waals surface area contributed by atoms with E-state index >= 15 is 0 Å². The van der Waals surface area contributed by atoms with E-state index in [1.807, 2.05) is 0 Å². The van der Waals surface area contributed by atoms with Crippen LogP contribution in [0.15, 0.2) is 25.3 Å². The van der Waals surface area contributed by atoms with Crippen molar-refractivity contribution in [2.24, 2.45) is 0 Å². The van der Waals surface area contributed by atoms with Crippen molar-refractivity contribution in [1.29, 1.82) is 0 Å². The zero-order chi connectivity index (χ0) is 7.82. The molecular formula is C6H10O2S2. The van der Waals surface area contributed by atoms with E-state index < -0.39 is 10.1 Å². The van der Waals surface area contributed by atoms with E-state index in [0.29, 0.717) is 12.4 Å². The number of hydrogen-bond acceptors (Lipinski definition) is 3. The Labute approximate surface area is 67.4 Å². The smallest absolute Gasteiger partial charge is 0.219 e. The van der Waals surface area contributed by atoms with Crippen molar-refractivity contribution in [3.05, 3.63) is 25.3 Å². The molecule has 0 amide bonds. The molecule has 2 nitrogen and oxygen atoms in total. The minimum absolute atomic E-state index is 0.330. The Morgan fingerprint density at radius 2 is 2.20 bits per heavy atom. The minimum atomic E-state index is -1.25. The zero-order valence-corrected chi connectivity index (χ0v) is 7.25. The first-order valence-corrected chi connectivity index (χ1v) is 5.29. The topological polar surface area (TPSA) is 26.3 Å². The fraction of sp³-hybridized carbons (Fsp3) is 0.333. The lowest BCUT2D eigenvalue weighted by Crippen LogP contribution is -1.91. The largest absolute Gasteiger partial charge is 0.278 e. The summed E-state index contributed by atoms with van der Waals surface area (Å²) in [5.41, 5.74) is 0. The molecule has 0 aromatic heterocycles. The maximum Gasteiger partial charge on any atom is 0.219 e. The highest BCUT2D eigenvalue weighted by Gasteiger charge is 1.95. The second-order valence-electron chi connectivity index (χ2n) is 1.35. The normalized spacial score (nSPS) is 12.4. The van der Waals surface area contributed by atoms with Crippen LogP contribution in [0.25, 0.3) is 0 Å². The molecule has 1 atom stereocenters. The van der Waals surface area contributed by atoms with Gasteiger partial charge in [0.2, 0.25) is 10.1 Å². The van der Waals surface area contributed by atoms with Crippen molar-refractivity contribution in [3.63, 3.8) is 0 Å². The molecule has 0 aromatic carbocycles. The van der Waals surface area contributed by atoms with E-state index in [2.05, 4.69) is 13.2 Å². The molecule has 58 valence electrons. The van der Waals surface area contributed by atoms with Gasteiger partial charge in [0, 0.05) is 5.75 Å². The lowest BCUT2D eigenvalue weighted by Gasteiger charge is -1.95. The van der Waals surface area contributed by atoms with Crippen molar-refractivity contribution >= 4 is 20.9 Å². The Hall–Kier alpha value is -0.0600. The molecule has 0 fully saturated rings. The van der Waals surface area contributed by atoms with E-state index in [1.165, 1.54) is 10.8 Å². The van der Waals surface area contributed by atoms with Crippen LogP contribution in [0.2, 0.25) is 0 Å².